The quantitative estimate of drug-likeness (QED) is 0.865. The minimum Gasteiger partial charge on any atom is -0.306 e. The Morgan fingerprint density at radius 2 is 1.94 bits per heavy atom. The molecule has 17 heavy (non-hydrogen) atoms. The van der Waals surface area contributed by atoms with Crippen molar-refractivity contribution in [2.75, 3.05) is 0 Å². The average molecular weight is 226 g/mol. The van der Waals surface area contributed by atoms with E-state index in [4.69, 9.17) is 0 Å². The van der Waals surface area contributed by atoms with Crippen LogP contribution in [0.1, 0.15) is 29.7 Å². The van der Waals surface area contributed by atoms with Gasteiger partial charge >= 0.3 is 0 Å². The van der Waals surface area contributed by atoms with E-state index < -0.39 is 0 Å². The van der Waals surface area contributed by atoms with Crippen LogP contribution in [0.2, 0.25) is 0 Å². The predicted molar refractivity (Wildman–Crippen MR) is 70.7 cm³/mol. The zero-order valence-electron chi connectivity index (χ0n) is 10.4. The molecule has 0 saturated heterocycles. The van der Waals surface area contributed by atoms with Crippen LogP contribution in [0.3, 0.4) is 0 Å². The zero-order chi connectivity index (χ0) is 12.1. The van der Waals surface area contributed by atoms with Gasteiger partial charge in [-0.05, 0) is 36.6 Å². The van der Waals surface area contributed by atoms with Gasteiger partial charge in [0, 0.05) is 25.0 Å². The smallest absolute Gasteiger partial charge is 0.0300 e. The Morgan fingerprint density at radius 1 is 1.18 bits per heavy atom. The van der Waals surface area contributed by atoms with Crippen LogP contribution in [0.5, 0.6) is 0 Å². The third-order valence-electron chi connectivity index (χ3n) is 3.03. The summed E-state index contributed by atoms with van der Waals surface area (Å²) in [5.41, 5.74) is 3.86. The van der Waals surface area contributed by atoms with Crippen LogP contribution in [0.15, 0.2) is 48.8 Å². The highest BCUT2D eigenvalue weighted by molar-refractivity contribution is 5.22. The van der Waals surface area contributed by atoms with Crippen LogP contribution in [0.25, 0.3) is 0 Å². The summed E-state index contributed by atoms with van der Waals surface area (Å²) in [6, 6.07) is 12.9. The van der Waals surface area contributed by atoms with Gasteiger partial charge in [0.1, 0.15) is 0 Å². The molecule has 1 N–H and O–H groups in total. The number of rotatable bonds is 4. The molecule has 0 bridgehead atoms. The Morgan fingerprint density at radius 3 is 2.65 bits per heavy atom. The molecule has 1 unspecified atom stereocenters. The fourth-order valence-electron chi connectivity index (χ4n) is 1.82. The molecule has 2 nitrogen and oxygen atoms in total. The second kappa shape index (κ2) is 5.60. The first-order valence-corrected chi connectivity index (χ1v) is 5.95. The highest BCUT2D eigenvalue weighted by Crippen LogP contribution is 2.13. The van der Waals surface area contributed by atoms with E-state index in [2.05, 4.69) is 54.5 Å². The molecule has 0 fully saturated rings. The Hall–Kier alpha value is -1.67. The number of nitrogens with zero attached hydrogens (tertiary/aromatic N) is 1. The Labute approximate surface area is 103 Å². The lowest BCUT2D eigenvalue weighted by Gasteiger charge is -2.15. The molecule has 1 aromatic carbocycles. The molecule has 2 rings (SSSR count). The van der Waals surface area contributed by atoms with Crippen LogP contribution < -0.4 is 5.32 Å². The third kappa shape index (κ3) is 3.14. The summed E-state index contributed by atoms with van der Waals surface area (Å²) in [4.78, 5) is 4.10. The minimum absolute atomic E-state index is 0.365. The van der Waals surface area contributed by atoms with Gasteiger partial charge in [0.05, 0.1) is 0 Å². The number of pyridine rings is 1. The fourth-order valence-corrected chi connectivity index (χ4v) is 1.82. The van der Waals surface area contributed by atoms with Crippen molar-refractivity contribution in [2.45, 2.75) is 26.4 Å². The zero-order valence-corrected chi connectivity index (χ0v) is 10.4. The van der Waals surface area contributed by atoms with Crippen LogP contribution in [0.4, 0.5) is 0 Å². The first-order chi connectivity index (χ1) is 8.27. The van der Waals surface area contributed by atoms with Gasteiger partial charge in [0.2, 0.25) is 0 Å². The van der Waals surface area contributed by atoms with Gasteiger partial charge in [-0.25, -0.2) is 0 Å². The molecule has 0 aliphatic heterocycles. The number of aryl methyl sites for hydroxylation is 1. The lowest BCUT2D eigenvalue weighted by Crippen LogP contribution is -2.18. The van der Waals surface area contributed by atoms with Crippen molar-refractivity contribution >= 4 is 0 Å². The summed E-state index contributed by atoms with van der Waals surface area (Å²) >= 11 is 0. The molecule has 0 saturated carbocycles. The highest BCUT2D eigenvalue weighted by atomic mass is 14.9. The molecule has 88 valence electrons. The lowest BCUT2D eigenvalue weighted by molar-refractivity contribution is 0.573. The van der Waals surface area contributed by atoms with Crippen LogP contribution in [-0.4, -0.2) is 4.98 Å². The van der Waals surface area contributed by atoms with E-state index in [0.717, 1.165) is 6.54 Å². The summed E-state index contributed by atoms with van der Waals surface area (Å²) in [6.45, 7) is 5.16. The normalized spacial score (nSPS) is 12.4. The van der Waals surface area contributed by atoms with E-state index in [0.29, 0.717) is 6.04 Å². The number of nitrogens with one attached hydrogen (secondary N) is 1. The van der Waals surface area contributed by atoms with Crippen LogP contribution in [-0.2, 0) is 6.54 Å². The molecule has 0 aliphatic rings. The topological polar surface area (TPSA) is 24.9 Å². The van der Waals surface area contributed by atoms with Gasteiger partial charge < -0.3 is 5.32 Å². The summed E-state index contributed by atoms with van der Waals surface area (Å²) < 4.78 is 0. The number of hydrogen-bond donors (Lipinski definition) is 1. The first kappa shape index (κ1) is 11.8. The van der Waals surface area contributed by atoms with E-state index in [-0.39, 0.29) is 0 Å². The van der Waals surface area contributed by atoms with Crippen LogP contribution in [0, 0.1) is 6.92 Å². The summed E-state index contributed by atoms with van der Waals surface area (Å²) in [5, 5.41) is 3.53. The average Bonchev–Trinajstić information content (AvgIpc) is 2.38. The van der Waals surface area contributed by atoms with E-state index in [1.54, 1.807) is 0 Å². The number of hydrogen-bond acceptors (Lipinski definition) is 2. The molecule has 0 amide bonds. The first-order valence-electron chi connectivity index (χ1n) is 5.95. The molecule has 1 heterocycles. The molecule has 2 aromatic rings. The van der Waals surface area contributed by atoms with Gasteiger partial charge in [0.15, 0.2) is 0 Å². The van der Waals surface area contributed by atoms with E-state index in [1.807, 2.05) is 18.5 Å². The standard InChI is InChI=1S/C15H18N2/c1-12-10-16-9-8-15(12)11-17-13(2)14-6-4-3-5-7-14/h3-10,13,17H,11H2,1-2H3. The van der Waals surface area contributed by atoms with Crippen molar-refractivity contribution in [3.8, 4) is 0 Å². The molecule has 1 aromatic heterocycles. The third-order valence-corrected chi connectivity index (χ3v) is 3.03. The molecule has 0 radical (unpaired) electrons. The second-order valence-corrected chi connectivity index (χ2v) is 4.32. The van der Waals surface area contributed by atoms with Gasteiger partial charge in [-0.2, -0.15) is 0 Å². The SMILES string of the molecule is Cc1cnccc1CNC(C)c1ccccc1. The van der Waals surface area contributed by atoms with Gasteiger partial charge in [-0.3, -0.25) is 4.98 Å². The molecule has 0 spiro atoms. The van der Waals surface area contributed by atoms with E-state index in [9.17, 15) is 0 Å². The predicted octanol–water partition coefficient (Wildman–Crippen LogP) is 3.24. The Balaban J connectivity index is 1.97. The molecular formula is C15H18N2. The molecule has 0 aliphatic carbocycles. The van der Waals surface area contributed by atoms with Crippen molar-refractivity contribution < 1.29 is 0 Å². The second-order valence-electron chi connectivity index (χ2n) is 4.32. The van der Waals surface area contributed by atoms with Gasteiger partial charge in [-0.15, -0.1) is 0 Å². The van der Waals surface area contributed by atoms with Crippen molar-refractivity contribution in [1.82, 2.24) is 10.3 Å². The summed E-state index contributed by atoms with van der Waals surface area (Å²) in [5.74, 6) is 0. The maximum atomic E-state index is 4.10. The van der Waals surface area contributed by atoms with Crippen molar-refractivity contribution in [3.05, 3.63) is 65.5 Å². The van der Waals surface area contributed by atoms with Gasteiger partial charge in [-0.1, -0.05) is 30.3 Å². The van der Waals surface area contributed by atoms with Crippen LogP contribution >= 0.6 is 0 Å². The molecule has 1 atom stereocenters. The lowest BCUT2D eigenvalue weighted by atomic mass is 10.1. The molecule has 2 heteroatoms. The summed E-state index contributed by atoms with van der Waals surface area (Å²) in [7, 11) is 0. The fraction of sp³-hybridized carbons (Fsp3) is 0.267. The minimum atomic E-state index is 0.365. The van der Waals surface area contributed by atoms with Gasteiger partial charge in [0.25, 0.3) is 0 Å². The maximum absolute atomic E-state index is 4.10. The van der Waals surface area contributed by atoms with E-state index in [1.165, 1.54) is 16.7 Å². The monoisotopic (exact) mass is 226 g/mol. The van der Waals surface area contributed by atoms with Crippen molar-refractivity contribution in [3.63, 3.8) is 0 Å². The molecular weight excluding hydrogens is 208 g/mol. The highest BCUT2D eigenvalue weighted by Gasteiger charge is 2.04. The maximum Gasteiger partial charge on any atom is 0.0300 e. The number of benzene rings is 1. The Kier molecular flexibility index (Phi) is 3.89. The summed E-state index contributed by atoms with van der Waals surface area (Å²) in [6.07, 6.45) is 3.75. The Bertz CT molecular complexity index is 465. The number of aromatic nitrogens is 1. The largest absolute Gasteiger partial charge is 0.306 e. The van der Waals surface area contributed by atoms with Crippen molar-refractivity contribution in [1.29, 1.82) is 0 Å². The van der Waals surface area contributed by atoms with Crippen molar-refractivity contribution in [2.24, 2.45) is 0 Å². The van der Waals surface area contributed by atoms with E-state index >= 15 is 0 Å².